The quantitative estimate of drug-likeness (QED) is 0.700. The third-order valence-electron chi connectivity index (χ3n) is 4.61. The van der Waals surface area contributed by atoms with E-state index in [1.54, 1.807) is 24.3 Å². The Kier molecular flexibility index (Phi) is 4.50. The van der Waals surface area contributed by atoms with E-state index in [4.69, 9.17) is 9.15 Å². The summed E-state index contributed by atoms with van der Waals surface area (Å²) < 4.78 is 11.2. The second kappa shape index (κ2) is 7.11. The highest BCUT2D eigenvalue weighted by atomic mass is 16.5. The molecule has 4 rings (SSSR count). The van der Waals surface area contributed by atoms with Gasteiger partial charge in [-0.15, -0.1) is 0 Å². The number of nitrogens with zero attached hydrogens (tertiary/aromatic N) is 1. The van der Waals surface area contributed by atoms with E-state index in [1.807, 2.05) is 18.2 Å². The van der Waals surface area contributed by atoms with E-state index in [0.717, 1.165) is 19.3 Å². The number of amides is 1. The van der Waals surface area contributed by atoms with Crippen LogP contribution in [-0.4, -0.2) is 23.1 Å². The van der Waals surface area contributed by atoms with Gasteiger partial charge in [0.15, 0.2) is 12.2 Å². The maximum atomic E-state index is 12.0. The van der Waals surface area contributed by atoms with Crippen molar-refractivity contribution >= 4 is 28.7 Å². The Morgan fingerprint density at radius 1 is 1.11 bits per heavy atom. The molecule has 1 heterocycles. The molecule has 0 unspecified atom stereocenters. The minimum atomic E-state index is -0.687. The first kappa shape index (κ1) is 17.1. The van der Waals surface area contributed by atoms with E-state index < -0.39 is 24.2 Å². The summed E-state index contributed by atoms with van der Waals surface area (Å²) >= 11 is 0. The van der Waals surface area contributed by atoms with Crippen molar-refractivity contribution in [2.75, 3.05) is 11.9 Å². The number of ether oxygens (including phenoxy) is 1. The fraction of sp³-hybridized carbons (Fsp3) is 0.250. The zero-order chi connectivity index (χ0) is 18.8. The van der Waals surface area contributed by atoms with Crippen LogP contribution in [0.1, 0.15) is 17.5 Å². The van der Waals surface area contributed by atoms with Crippen molar-refractivity contribution < 1.29 is 18.7 Å². The molecular formula is C20H18N2O5. The Balaban J connectivity index is 1.34. The van der Waals surface area contributed by atoms with Gasteiger partial charge in [-0.05, 0) is 54.7 Å². The number of aryl methyl sites for hydroxylation is 2. The molecule has 0 saturated carbocycles. The van der Waals surface area contributed by atoms with Crippen molar-refractivity contribution in [1.29, 1.82) is 0 Å². The zero-order valence-electron chi connectivity index (χ0n) is 14.6. The lowest BCUT2D eigenvalue weighted by molar-refractivity contribution is -0.147. The predicted octanol–water partition coefficient (Wildman–Crippen LogP) is 2.27. The number of hydrogen-bond donors (Lipinski definition) is 1. The second-order valence-electron chi connectivity index (χ2n) is 6.47. The van der Waals surface area contributed by atoms with E-state index in [-0.39, 0.29) is 6.54 Å². The number of esters is 1. The molecular weight excluding hydrogens is 348 g/mol. The maximum Gasteiger partial charge on any atom is 0.420 e. The summed E-state index contributed by atoms with van der Waals surface area (Å²) in [4.78, 5) is 35.9. The highest BCUT2D eigenvalue weighted by molar-refractivity contribution is 5.93. The first-order chi connectivity index (χ1) is 13.1. The first-order valence-electron chi connectivity index (χ1n) is 8.76. The monoisotopic (exact) mass is 366 g/mol. The van der Waals surface area contributed by atoms with Crippen molar-refractivity contribution in [2.24, 2.45) is 0 Å². The molecule has 0 saturated heterocycles. The van der Waals surface area contributed by atoms with Crippen molar-refractivity contribution in [3.8, 4) is 0 Å². The van der Waals surface area contributed by atoms with Gasteiger partial charge in [0.05, 0.1) is 5.52 Å². The fourth-order valence-corrected chi connectivity index (χ4v) is 3.33. The summed E-state index contributed by atoms with van der Waals surface area (Å²) in [6, 6.07) is 12.6. The van der Waals surface area contributed by atoms with Crippen LogP contribution in [0, 0.1) is 0 Å². The Morgan fingerprint density at radius 2 is 1.93 bits per heavy atom. The van der Waals surface area contributed by atoms with Crippen LogP contribution in [0.15, 0.2) is 51.7 Å². The van der Waals surface area contributed by atoms with Crippen LogP contribution in [0.5, 0.6) is 0 Å². The molecule has 27 heavy (non-hydrogen) atoms. The fourth-order valence-electron chi connectivity index (χ4n) is 3.33. The van der Waals surface area contributed by atoms with Gasteiger partial charge < -0.3 is 14.5 Å². The number of hydrogen-bond acceptors (Lipinski definition) is 5. The predicted molar refractivity (Wildman–Crippen MR) is 98.5 cm³/mol. The van der Waals surface area contributed by atoms with E-state index in [9.17, 15) is 14.4 Å². The largest absolute Gasteiger partial charge is 0.454 e. The van der Waals surface area contributed by atoms with Gasteiger partial charge in [-0.2, -0.15) is 0 Å². The van der Waals surface area contributed by atoms with Crippen LogP contribution >= 0.6 is 0 Å². The minimum absolute atomic E-state index is 0.317. The van der Waals surface area contributed by atoms with Crippen LogP contribution in [-0.2, 0) is 33.7 Å². The molecule has 138 valence electrons. The Bertz CT molecular complexity index is 1080. The van der Waals surface area contributed by atoms with Crippen LogP contribution < -0.4 is 11.1 Å². The summed E-state index contributed by atoms with van der Waals surface area (Å²) in [5.41, 5.74) is 4.15. The number of carbonyl (C=O) groups excluding carboxylic acids is 2. The van der Waals surface area contributed by atoms with E-state index in [0.29, 0.717) is 16.8 Å². The number of carbonyl (C=O) groups is 2. The molecule has 1 aliphatic carbocycles. The Morgan fingerprint density at radius 3 is 2.81 bits per heavy atom. The highest BCUT2D eigenvalue weighted by Crippen LogP contribution is 2.24. The molecule has 7 nitrogen and oxygen atoms in total. The van der Waals surface area contributed by atoms with Gasteiger partial charge in [0, 0.05) is 5.69 Å². The van der Waals surface area contributed by atoms with Crippen LogP contribution in [0.2, 0.25) is 0 Å². The lowest BCUT2D eigenvalue weighted by Crippen LogP contribution is -2.25. The molecule has 3 aromatic rings. The van der Waals surface area contributed by atoms with Crippen LogP contribution in [0.25, 0.3) is 11.1 Å². The maximum absolute atomic E-state index is 12.0. The standard InChI is InChI=1S/C20H18N2O5/c23-18(21-15-9-8-13-4-3-5-14(13)10-15)12-26-19(24)11-22-16-6-1-2-7-17(16)27-20(22)25/h1-2,6-10H,3-5,11-12H2,(H,21,23). The van der Waals surface area contributed by atoms with Gasteiger partial charge in [0.1, 0.15) is 6.54 Å². The average molecular weight is 366 g/mol. The molecule has 0 spiro atoms. The van der Waals surface area contributed by atoms with Crippen molar-refractivity contribution in [2.45, 2.75) is 25.8 Å². The molecule has 0 bridgehead atoms. The number of anilines is 1. The van der Waals surface area contributed by atoms with E-state index in [1.165, 1.54) is 15.7 Å². The smallest absolute Gasteiger partial charge is 0.420 e. The van der Waals surface area contributed by atoms with Gasteiger partial charge in [0.25, 0.3) is 5.91 Å². The zero-order valence-corrected chi connectivity index (χ0v) is 14.6. The summed E-state index contributed by atoms with van der Waals surface area (Å²) in [6.07, 6.45) is 3.22. The number of aromatic nitrogens is 1. The molecule has 1 amide bonds. The molecule has 7 heteroatoms. The van der Waals surface area contributed by atoms with Crippen molar-refractivity contribution in [3.05, 3.63) is 64.1 Å². The summed E-state index contributed by atoms with van der Waals surface area (Å²) in [5, 5.41) is 2.72. The highest BCUT2D eigenvalue weighted by Gasteiger charge is 2.15. The van der Waals surface area contributed by atoms with Crippen LogP contribution in [0.4, 0.5) is 5.69 Å². The third-order valence-corrected chi connectivity index (χ3v) is 4.61. The average Bonchev–Trinajstić information content (AvgIpc) is 3.24. The minimum Gasteiger partial charge on any atom is -0.454 e. The number of fused-ring (bicyclic) bond motifs is 2. The molecule has 0 atom stereocenters. The van der Waals surface area contributed by atoms with E-state index >= 15 is 0 Å². The summed E-state index contributed by atoms with van der Waals surface area (Å²) in [5.74, 6) is -1.76. The number of benzene rings is 2. The van der Waals surface area contributed by atoms with Crippen molar-refractivity contribution in [1.82, 2.24) is 4.57 Å². The summed E-state index contributed by atoms with van der Waals surface area (Å²) in [7, 11) is 0. The topological polar surface area (TPSA) is 90.5 Å². The molecule has 0 radical (unpaired) electrons. The molecule has 1 aliphatic rings. The number of oxazole rings is 1. The molecule has 0 aliphatic heterocycles. The normalized spacial score (nSPS) is 12.7. The number of para-hydroxylation sites is 2. The SMILES string of the molecule is O=C(COC(=O)Cn1c(=O)oc2ccccc21)Nc1ccc2c(c1)CCC2. The number of rotatable bonds is 5. The lowest BCUT2D eigenvalue weighted by Gasteiger charge is -2.08. The second-order valence-corrected chi connectivity index (χ2v) is 6.47. The third kappa shape index (κ3) is 3.62. The van der Waals surface area contributed by atoms with Gasteiger partial charge in [-0.1, -0.05) is 18.2 Å². The molecule has 1 aromatic heterocycles. The van der Waals surface area contributed by atoms with Gasteiger partial charge in [-0.25, -0.2) is 4.79 Å². The van der Waals surface area contributed by atoms with Gasteiger partial charge >= 0.3 is 11.7 Å². The molecule has 2 aromatic carbocycles. The molecule has 0 fully saturated rings. The van der Waals surface area contributed by atoms with Crippen LogP contribution in [0.3, 0.4) is 0 Å². The molecule has 1 N–H and O–H groups in total. The Labute approximate surface area is 154 Å². The Hall–Kier alpha value is -3.35. The van der Waals surface area contributed by atoms with Crippen molar-refractivity contribution in [3.63, 3.8) is 0 Å². The van der Waals surface area contributed by atoms with E-state index in [2.05, 4.69) is 5.32 Å². The number of nitrogens with one attached hydrogen (secondary N) is 1. The lowest BCUT2D eigenvalue weighted by atomic mass is 10.1. The van der Waals surface area contributed by atoms with Gasteiger partial charge in [-0.3, -0.25) is 14.2 Å². The van der Waals surface area contributed by atoms with Gasteiger partial charge in [0.2, 0.25) is 0 Å². The summed E-state index contributed by atoms with van der Waals surface area (Å²) in [6.45, 7) is -0.734. The first-order valence-corrected chi connectivity index (χ1v) is 8.76.